The molecular weight excluding hydrogens is 1020 g/mol. The van der Waals surface area contributed by atoms with Gasteiger partial charge in [0.15, 0.2) is 0 Å². The van der Waals surface area contributed by atoms with Crippen molar-refractivity contribution in [3.63, 3.8) is 0 Å². The number of phosphoric ester groups is 1. The van der Waals surface area contributed by atoms with Crippen molar-refractivity contribution in [2.75, 3.05) is 40.9 Å². The van der Waals surface area contributed by atoms with E-state index in [9.17, 15) is 19.4 Å². The van der Waals surface area contributed by atoms with Crippen LogP contribution in [0, 0.1) is 0 Å². The molecule has 81 heavy (non-hydrogen) atoms. The fourth-order valence-corrected chi connectivity index (χ4v) is 10.5. The summed E-state index contributed by atoms with van der Waals surface area (Å²) < 4.78 is 23.5. The zero-order chi connectivity index (χ0) is 59.1. The number of nitrogens with one attached hydrogen (secondary N) is 1. The maximum atomic E-state index is 13.1. The van der Waals surface area contributed by atoms with Gasteiger partial charge in [-0.15, -0.1) is 0 Å². The molecule has 8 nitrogen and oxygen atoms in total. The topological polar surface area (TPSA) is 108 Å². The van der Waals surface area contributed by atoms with Gasteiger partial charge in [-0.3, -0.25) is 9.36 Å². The summed E-state index contributed by atoms with van der Waals surface area (Å²) in [7, 11) is 1.30. The number of aliphatic hydroxyl groups excluding tert-OH is 1. The van der Waals surface area contributed by atoms with Gasteiger partial charge in [0.25, 0.3) is 7.82 Å². The number of quaternary nitrogens is 1. The lowest BCUT2D eigenvalue weighted by Gasteiger charge is -2.30. The average Bonchev–Trinajstić information content (AvgIpc) is 3.43. The van der Waals surface area contributed by atoms with Crippen LogP contribution in [0.1, 0.15) is 303 Å². The van der Waals surface area contributed by atoms with E-state index in [1.807, 2.05) is 21.1 Å². The number of hydrogen-bond acceptors (Lipinski definition) is 6. The Labute approximate surface area is 502 Å². The van der Waals surface area contributed by atoms with Crippen molar-refractivity contribution in [3.8, 4) is 0 Å². The average molecular weight is 1150 g/mol. The van der Waals surface area contributed by atoms with Crippen molar-refractivity contribution in [2.45, 2.75) is 315 Å². The zero-order valence-corrected chi connectivity index (χ0v) is 54.6. The summed E-state index contributed by atoms with van der Waals surface area (Å²) in [6, 6.07) is -0.811. The summed E-state index contributed by atoms with van der Waals surface area (Å²) in [5, 5.41) is 14.1. The molecule has 470 valence electrons. The van der Waals surface area contributed by atoms with Gasteiger partial charge in [-0.05, 0) is 77.0 Å². The highest BCUT2D eigenvalue weighted by molar-refractivity contribution is 7.45. The number of likely N-dealkylation sites (N-methyl/N-ethyl adjacent to an activating group) is 1. The highest BCUT2D eigenvalue weighted by Gasteiger charge is 2.24. The highest BCUT2D eigenvalue weighted by Crippen LogP contribution is 2.38. The van der Waals surface area contributed by atoms with Crippen molar-refractivity contribution in [2.24, 2.45) is 0 Å². The first-order valence-electron chi connectivity index (χ1n) is 34.1. The predicted molar refractivity (Wildman–Crippen MR) is 353 cm³/mol. The van der Waals surface area contributed by atoms with E-state index in [2.05, 4.69) is 116 Å². The summed E-state index contributed by atoms with van der Waals surface area (Å²) in [5.74, 6) is -0.169. The lowest BCUT2D eigenvalue weighted by atomic mass is 10.0. The Hall–Kier alpha value is -2.58. The number of nitrogens with zero attached hydrogens (tertiary/aromatic N) is 1. The number of unbranched alkanes of at least 4 members (excludes halogenated alkanes) is 33. The lowest BCUT2D eigenvalue weighted by molar-refractivity contribution is -0.870. The third-order valence-electron chi connectivity index (χ3n) is 15.1. The molecule has 0 aliphatic rings. The molecule has 0 saturated heterocycles. The van der Waals surface area contributed by atoms with Crippen molar-refractivity contribution in [1.29, 1.82) is 0 Å². The number of aliphatic hydroxyl groups is 1. The molecular formula is C72H131N2O6P. The molecule has 9 heteroatoms. The standard InChI is InChI=1S/C72H131N2O6P/c1-6-8-10-12-14-16-18-20-22-24-26-28-30-32-33-34-35-36-37-38-39-40-41-42-44-46-48-50-52-54-56-58-60-62-64-66-72(76)73-70(69-80-81(77,78)79-68-67-74(3,4)5)71(75)65-63-61-59-57-55-53-51-49-47-45-43-31-29-27-25-23-21-19-17-15-13-11-9-7-2/h8,10,14,16,20,22,26,28,32-33,35-36,38-39,41-42,70-71,75H,6-7,9,11-13,15,17-19,21,23-25,27,29-31,34,37,40,43-69H2,1-5H3,(H-,73,76,77,78)/b10-8-,16-14-,22-20-,28-26-,33-32-,36-35-,39-38-,42-41-. The van der Waals surface area contributed by atoms with Gasteiger partial charge < -0.3 is 28.8 Å². The first-order valence-corrected chi connectivity index (χ1v) is 35.5. The molecule has 3 atom stereocenters. The summed E-state index contributed by atoms with van der Waals surface area (Å²) in [6.45, 7) is 4.63. The first kappa shape index (κ1) is 78.4. The van der Waals surface area contributed by atoms with E-state index in [-0.39, 0.29) is 19.1 Å². The van der Waals surface area contributed by atoms with Crippen LogP contribution in [0.5, 0.6) is 0 Å². The molecule has 0 aromatic carbocycles. The van der Waals surface area contributed by atoms with Crippen molar-refractivity contribution in [3.05, 3.63) is 97.2 Å². The van der Waals surface area contributed by atoms with Gasteiger partial charge >= 0.3 is 0 Å². The Bertz CT molecular complexity index is 1640. The van der Waals surface area contributed by atoms with Crippen LogP contribution < -0.4 is 10.2 Å². The second-order valence-electron chi connectivity index (χ2n) is 24.2. The molecule has 0 spiro atoms. The summed E-state index contributed by atoms with van der Waals surface area (Å²) in [6.07, 6.45) is 88.9. The smallest absolute Gasteiger partial charge is 0.268 e. The molecule has 0 aliphatic carbocycles. The Balaban J connectivity index is 4.10. The first-order chi connectivity index (χ1) is 39.5. The minimum atomic E-state index is -4.59. The van der Waals surface area contributed by atoms with E-state index < -0.39 is 20.0 Å². The molecule has 0 rings (SSSR count). The molecule has 2 N–H and O–H groups in total. The molecule has 0 aliphatic heterocycles. The van der Waals surface area contributed by atoms with Crippen LogP contribution in [0.4, 0.5) is 0 Å². The molecule has 3 unspecified atom stereocenters. The third kappa shape index (κ3) is 64.8. The fraction of sp³-hybridized carbons (Fsp3) is 0.764. The summed E-state index contributed by atoms with van der Waals surface area (Å²) >= 11 is 0. The van der Waals surface area contributed by atoms with E-state index in [0.717, 1.165) is 96.3 Å². The van der Waals surface area contributed by atoms with Gasteiger partial charge in [-0.25, -0.2) is 0 Å². The minimum absolute atomic E-state index is 0.00794. The van der Waals surface area contributed by atoms with Crippen LogP contribution >= 0.6 is 7.82 Å². The van der Waals surface area contributed by atoms with Crippen molar-refractivity contribution in [1.82, 2.24) is 5.32 Å². The Morgan fingerprint density at radius 2 is 0.753 bits per heavy atom. The number of carbonyl (C=O) groups excluding carboxylic acids is 1. The lowest BCUT2D eigenvalue weighted by Crippen LogP contribution is -2.46. The quantitative estimate of drug-likeness (QED) is 0.0272. The van der Waals surface area contributed by atoms with Gasteiger partial charge in [-0.1, -0.05) is 317 Å². The molecule has 0 aromatic heterocycles. The largest absolute Gasteiger partial charge is 0.756 e. The Kier molecular flexibility index (Phi) is 60.0. The Morgan fingerprint density at radius 3 is 1.10 bits per heavy atom. The zero-order valence-electron chi connectivity index (χ0n) is 53.7. The van der Waals surface area contributed by atoms with Gasteiger partial charge in [-0.2, -0.15) is 0 Å². The summed E-state index contributed by atoms with van der Waals surface area (Å²) in [5.41, 5.74) is 0. The van der Waals surface area contributed by atoms with Crippen LogP contribution in [0.15, 0.2) is 97.2 Å². The van der Waals surface area contributed by atoms with E-state index >= 15 is 0 Å². The molecule has 0 heterocycles. The molecule has 0 saturated carbocycles. The van der Waals surface area contributed by atoms with E-state index in [1.165, 1.54) is 180 Å². The van der Waals surface area contributed by atoms with Gasteiger partial charge in [0, 0.05) is 6.42 Å². The van der Waals surface area contributed by atoms with Crippen LogP contribution in [0.25, 0.3) is 0 Å². The van der Waals surface area contributed by atoms with Crippen molar-refractivity contribution >= 4 is 13.7 Å². The number of hydrogen-bond donors (Lipinski definition) is 2. The minimum Gasteiger partial charge on any atom is -0.756 e. The summed E-state index contributed by atoms with van der Waals surface area (Å²) in [4.78, 5) is 25.7. The van der Waals surface area contributed by atoms with E-state index in [0.29, 0.717) is 23.9 Å². The van der Waals surface area contributed by atoms with Crippen LogP contribution in [-0.2, 0) is 18.4 Å². The second-order valence-corrected chi connectivity index (χ2v) is 25.6. The van der Waals surface area contributed by atoms with Crippen LogP contribution in [-0.4, -0.2) is 68.5 Å². The maximum Gasteiger partial charge on any atom is 0.268 e. The second kappa shape index (κ2) is 62.0. The third-order valence-corrected chi connectivity index (χ3v) is 16.1. The SMILES string of the molecule is CC/C=C\C/C=C\C/C=C\C/C=C\C/C=C\C/C=C\C/C=C\C/C=C\CCCCCCCCCCCCC(=O)NC(COP(=O)([O-])OCC[N+](C)(C)C)C(O)CCCCCCCCCCCCCCCCCCCCCCCCCC. The predicted octanol–water partition coefficient (Wildman–Crippen LogP) is 21.1. The number of rotatable bonds is 62. The molecule has 0 bridgehead atoms. The molecule has 1 amide bonds. The number of amides is 1. The van der Waals surface area contributed by atoms with Gasteiger partial charge in [0.05, 0.1) is 39.9 Å². The molecule has 0 aromatic rings. The molecule has 0 fully saturated rings. The number of allylic oxidation sites excluding steroid dienone is 16. The molecule has 0 radical (unpaired) electrons. The van der Waals surface area contributed by atoms with E-state index in [4.69, 9.17) is 9.05 Å². The van der Waals surface area contributed by atoms with Gasteiger partial charge in [0.1, 0.15) is 13.2 Å². The highest BCUT2D eigenvalue weighted by atomic mass is 31.2. The monoisotopic (exact) mass is 1150 g/mol. The number of carbonyl (C=O) groups is 1. The van der Waals surface area contributed by atoms with Crippen LogP contribution in [0.3, 0.4) is 0 Å². The normalized spacial score (nSPS) is 14.3. The Morgan fingerprint density at radius 1 is 0.444 bits per heavy atom. The van der Waals surface area contributed by atoms with Crippen LogP contribution in [0.2, 0.25) is 0 Å². The maximum absolute atomic E-state index is 13.1. The van der Waals surface area contributed by atoms with Gasteiger partial charge in [0.2, 0.25) is 5.91 Å². The fourth-order valence-electron chi connectivity index (χ4n) is 9.82. The number of phosphoric acid groups is 1. The van der Waals surface area contributed by atoms with E-state index in [1.54, 1.807) is 0 Å². The van der Waals surface area contributed by atoms with Crippen molar-refractivity contribution < 1.29 is 32.9 Å².